The topological polar surface area (TPSA) is 18.8 Å². The van der Waals surface area contributed by atoms with Crippen molar-refractivity contribution in [3.8, 4) is 11.1 Å². The molecule has 0 spiro atoms. The summed E-state index contributed by atoms with van der Waals surface area (Å²) in [5.74, 6) is -15.0. The van der Waals surface area contributed by atoms with E-state index >= 15 is 35.1 Å². The molecule has 0 bridgehead atoms. The SMILES string of the molecule is CC1=C(c2c(F)cccc2F)C(C)=[N+](B(C2=CCC(C)C=C2)c2ccccc2)/C1=C(\c1[nH]c(C)c(-c2c(F)cccc2F)c1C)c1c(F)c(F)c(F)c(F)c1F. The van der Waals surface area contributed by atoms with Crippen molar-refractivity contribution >= 4 is 29.2 Å². The lowest BCUT2D eigenvalue weighted by atomic mass is 9.48. The molecule has 2 aliphatic rings. The van der Waals surface area contributed by atoms with E-state index in [0.29, 0.717) is 17.4 Å². The minimum absolute atomic E-state index is 0.00395. The number of aromatic nitrogens is 1. The van der Waals surface area contributed by atoms with Gasteiger partial charge in [-0.25, -0.2) is 39.5 Å². The van der Waals surface area contributed by atoms with Gasteiger partial charge in [-0.15, -0.1) is 0 Å². The molecule has 12 heteroatoms. The van der Waals surface area contributed by atoms with Crippen LogP contribution in [0, 0.1) is 72.1 Å². The number of allylic oxidation sites excluding steroid dienone is 6. The highest BCUT2D eigenvalue weighted by molar-refractivity contribution is 6.74. The largest absolute Gasteiger partial charge is 0.559 e. The first-order valence-corrected chi connectivity index (χ1v) is 17.8. The lowest BCUT2D eigenvalue weighted by Gasteiger charge is -2.20. The Hall–Kier alpha value is -5.78. The summed E-state index contributed by atoms with van der Waals surface area (Å²) in [5.41, 5.74) is -1.87. The van der Waals surface area contributed by atoms with Gasteiger partial charge in [-0.05, 0) is 68.4 Å². The molecule has 2 heterocycles. The number of aromatic amines is 1. The molecule has 2 nitrogen and oxygen atoms in total. The highest BCUT2D eigenvalue weighted by Crippen LogP contribution is 2.46. The van der Waals surface area contributed by atoms with Crippen LogP contribution in [0.15, 0.2) is 102 Å². The summed E-state index contributed by atoms with van der Waals surface area (Å²) in [7, 11) is 0. The fraction of sp³-hybridized carbons (Fsp3) is 0.159. The van der Waals surface area contributed by atoms with Crippen LogP contribution in [0.25, 0.3) is 22.3 Å². The van der Waals surface area contributed by atoms with Crippen molar-refractivity contribution in [1.29, 1.82) is 0 Å². The number of H-pyrrole nitrogens is 1. The molecule has 1 atom stereocenters. The van der Waals surface area contributed by atoms with Gasteiger partial charge in [0.2, 0.25) is 5.82 Å². The van der Waals surface area contributed by atoms with Crippen molar-refractivity contribution in [3.63, 3.8) is 0 Å². The average Bonchev–Trinajstić information content (AvgIpc) is 3.59. The first-order chi connectivity index (χ1) is 26.6. The first kappa shape index (κ1) is 38.5. The molecule has 0 saturated carbocycles. The summed E-state index contributed by atoms with van der Waals surface area (Å²) in [6.07, 6.45) is 6.34. The van der Waals surface area contributed by atoms with E-state index in [-0.39, 0.29) is 51.0 Å². The Morgan fingerprint density at radius 3 is 1.73 bits per heavy atom. The van der Waals surface area contributed by atoms with Crippen molar-refractivity contribution in [3.05, 3.63) is 182 Å². The molecule has 0 amide bonds. The van der Waals surface area contributed by atoms with Gasteiger partial charge in [-0.1, -0.05) is 67.6 Å². The van der Waals surface area contributed by atoms with Crippen molar-refractivity contribution in [2.75, 3.05) is 0 Å². The Morgan fingerprint density at radius 2 is 1.20 bits per heavy atom. The number of rotatable bonds is 7. The molecule has 1 unspecified atom stereocenters. The van der Waals surface area contributed by atoms with E-state index < -0.39 is 81.5 Å². The normalized spacial score (nSPS) is 16.6. The van der Waals surface area contributed by atoms with E-state index in [4.69, 9.17) is 0 Å². The second-order valence-electron chi connectivity index (χ2n) is 14.0. The number of nitrogens with zero attached hydrogens (tertiary/aromatic N) is 1. The van der Waals surface area contributed by atoms with Crippen LogP contribution >= 0.6 is 0 Å². The third kappa shape index (κ3) is 6.15. The monoisotopic (exact) mass is 771 g/mol. The Balaban J connectivity index is 1.73. The van der Waals surface area contributed by atoms with Crippen molar-refractivity contribution in [2.24, 2.45) is 5.92 Å². The van der Waals surface area contributed by atoms with Gasteiger partial charge in [0, 0.05) is 29.2 Å². The molecule has 0 saturated heterocycles. The van der Waals surface area contributed by atoms with Crippen LogP contribution in [0.2, 0.25) is 0 Å². The highest BCUT2D eigenvalue weighted by Gasteiger charge is 2.49. The van der Waals surface area contributed by atoms with Gasteiger partial charge < -0.3 is 4.98 Å². The zero-order valence-electron chi connectivity index (χ0n) is 30.8. The molecule has 7 rings (SSSR count). The number of nitrogens with one attached hydrogen (secondary N) is 1. The molecule has 1 aliphatic heterocycles. The van der Waals surface area contributed by atoms with Crippen LogP contribution < -0.4 is 5.46 Å². The molecule has 1 aliphatic carbocycles. The lowest BCUT2D eigenvalue weighted by Crippen LogP contribution is -2.45. The molecule has 56 heavy (non-hydrogen) atoms. The smallest absolute Gasteiger partial charge is 0.358 e. The fourth-order valence-corrected chi connectivity index (χ4v) is 7.96. The minimum Gasteiger partial charge on any atom is -0.358 e. The molecular weight excluding hydrogens is 738 g/mol. The number of hydrogen-bond acceptors (Lipinski definition) is 0. The van der Waals surface area contributed by atoms with E-state index in [1.165, 1.54) is 26.8 Å². The maximum Gasteiger partial charge on any atom is 0.559 e. The zero-order chi connectivity index (χ0) is 40.3. The predicted octanol–water partition coefficient (Wildman–Crippen LogP) is 11.2. The van der Waals surface area contributed by atoms with Crippen molar-refractivity contribution < 1.29 is 44.0 Å². The average molecular weight is 772 g/mol. The summed E-state index contributed by atoms with van der Waals surface area (Å²) in [5, 5.41) is 0. The van der Waals surface area contributed by atoms with E-state index in [1.807, 2.05) is 25.2 Å². The summed E-state index contributed by atoms with van der Waals surface area (Å²) in [4.78, 5) is 2.95. The standard InChI is InChI=1S/C44H32BF9N2/c1-21-17-19-27(20-18-21)45(26-11-7-6-8-12-26)56-25(5)33(35-30(48)15-10-16-31(35)49)23(3)44(56)37(36-38(50)40(52)42(54)41(53)39(36)51)43-22(2)32(24(4)55-43)34-28(46)13-9-14-29(34)47/h6-17,19-21H,18H2,1-5H3/p+1. The Labute approximate surface area is 317 Å². The highest BCUT2D eigenvalue weighted by atomic mass is 19.2. The van der Waals surface area contributed by atoms with E-state index in [1.54, 1.807) is 41.7 Å². The van der Waals surface area contributed by atoms with Gasteiger partial charge in [-0.2, -0.15) is 0 Å². The first-order valence-electron chi connectivity index (χ1n) is 17.8. The zero-order valence-corrected chi connectivity index (χ0v) is 30.8. The third-order valence-corrected chi connectivity index (χ3v) is 10.5. The quantitative estimate of drug-likeness (QED) is 0.0736. The summed E-state index contributed by atoms with van der Waals surface area (Å²) >= 11 is 0. The Bertz CT molecular complexity index is 2540. The molecule has 1 aromatic heterocycles. The van der Waals surface area contributed by atoms with Gasteiger partial charge in [0.1, 0.15) is 23.3 Å². The van der Waals surface area contributed by atoms with Gasteiger partial charge in [0.15, 0.2) is 34.7 Å². The van der Waals surface area contributed by atoms with E-state index in [0.717, 1.165) is 30.3 Å². The van der Waals surface area contributed by atoms with E-state index in [2.05, 4.69) is 4.98 Å². The Morgan fingerprint density at radius 1 is 0.661 bits per heavy atom. The van der Waals surface area contributed by atoms with Crippen molar-refractivity contribution in [1.82, 2.24) is 4.98 Å². The van der Waals surface area contributed by atoms with E-state index in [9.17, 15) is 4.39 Å². The van der Waals surface area contributed by atoms with Gasteiger partial charge in [0.25, 0.3) is 0 Å². The molecule has 0 fully saturated rings. The molecule has 4 aromatic carbocycles. The molecule has 0 radical (unpaired) electrons. The predicted molar refractivity (Wildman–Crippen MR) is 201 cm³/mol. The second kappa shape index (κ2) is 14.7. The number of halogens is 9. The minimum atomic E-state index is -2.40. The number of benzene rings is 4. The van der Waals surface area contributed by atoms with Crippen LogP contribution in [0.1, 0.15) is 55.3 Å². The van der Waals surface area contributed by atoms with Crippen LogP contribution in [-0.4, -0.2) is 22.0 Å². The molecule has 1 N–H and O–H groups in total. The maximum absolute atomic E-state index is 16.4. The maximum atomic E-state index is 16.4. The summed E-state index contributed by atoms with van der Waals surface area (Å²) in [6, 6.07) is 15.3. The lowest BCUT2D eigenvalue weighted by molar-refractivity contribution is -0.315. The molecule has 5 aromatic rings. The molecule has 284 valence electrons. The Kier molecular flexibility index (Phi) is 10.1. The van der Waals surface area contributed by atoms with Crippen LogP contribution in [0.4, 0.5) is 39.5 Å². The van der Waals surface area contributed by atoms with Gasteiger partial charge in [-0.3, -0.25) is 4.49 Å². The number of hydrogen-bond donors (Lipinski definition) is 1. The number of aryl methyl sites for hydroxylation is 1. The van der Waals surface area contributed by atoms with Crippen molar-refractivity contribution in [2.45, 2.75) is 41.0 Å². The third-order valence-electron chi connectivity index (χ3n) is 10.5. The van der Waals surface area contributed by atoms with Crippen LogP contribution in [0.5, 0.6) is 0 Å². The van der Waals surface area contributed by atoms with Crippen LogP contribution in [-0.2, 0) is 0 Å². The van der Waals surface area contributed by atoms with Gasteiger partial charge >= 0.3 is 6.85 Å². The second-order valence-corrected chi connectivity index (χ2v) is 14.0. The molecular formula is C44H33BF9N2+. The van der Waals surface area contributed by atoms with Crippen LogP contribution in [0.3, 0.4) is 0 Å². The fourth-order valence-electron chi connectivity index (χ4n) is 7.96. The van der Waals surface area contributed by atoms with Gasteiger partial charge in [0.05, 0.1) is 33.5 Å². The summed E-state index contributed by atoms with van der Waals surface area (Å²) in [6.45, 7) is 6.92. The summed E-state index contributed by atoms with van der Waals surface area (Å²) < 4.78 is 142.